The number of hydrogen-bond acceptors (Lipinski definition) is 3. The normalized spacial score (nSPS) is 10.9. The zero-order valence-electron chi connectivity index (χ0n) is 9.51. The first-order valence-corrected chi connectivity index (χ1v) is 5.44. The van der Waals surface area contributed by atoms with Gasteiger partial charge in [0.1, 0.15) is 5.82 Å². The van der Waals surface area contributed by atoms with Crippen LogP contribution in [0.3, 0.4) is 0 Å². The standard InChI is InChI=1S/C12H14N4/c1-9(2)3-4-11-14-15-12-7-10(8-13)5-6-16(11)12/h5-7,9H,3-4H2,1-2H3. The summed E-state index contributed by atoms with van der Waals surface area (Å²) in [6.45, 7) is 4.38. The molecule has 0 aromatic carbocycles. The zero-order chi connectivity index (χ0) is 11.5. The third-order valence-corrected chi connectivity index (χ3v) is 2.55. The second kappa shape index (κ2) is 4.31. The van der Waals surface area contributed by atoms with E-state index >= 15 is 0 Å². The highest BCUT2D eigenvalue weighted by Gasteiger charge is 2.06. The Balaban J connectivity index is 2.31. The van der Waals surface area contributed by atoms with Crippen molar-refractivity contribution < 1.29 is 0 Å². The second-order valence-corrected chi connectivity index (χ2v) is 4.30. The minimum atomic E-state index is 0.621. The van der Waals surface area contributed by atoms with Gasteiger partial charge in [0.15, 0.2) is 5.65 Å². The summed E-state index contributed by atoms with van der Waals surface area (Å²) < 4.78 is 1.95. The number of nitriles is 1. The Hall–Kier alpha value is -1.89. The van der Waals surface area contributed by atoms with E-state index < -0.39 is 0 Å². The maximum atomic E-state index is 8.77. The molecule has 0 amide bonds. The van der Waals surface area contributed by atoms with Gasteiger partial charge in [-0.2, -0.15) is 5.26 Å². The summed E-state index contributed by atoms with van der Waals surface area (Å²) in [5, 5.41) is 17.0. The number of nitrogens with zero attached hydrogens (tertiary/aromatic N) is 4. The first-order chi connectivity index (χ1) is 7.70. The lowest BCUT2D eigenvalue weighted by atomic mass is 10.1. The van der Waals surface area contributed by atoms with Gasteiger partial charge in [-0.05, 0) is 18.4 Å². The number of aromatic nitrogens is 3. The molecule has 0 N–H and O–H groups in total. The third-order valence-electron chi connectivity index (χ3n) is 2.55. The number of fused-ring (bicyclic) bond motifs is 1. The zero-order valence-corrected chi connectivity index (χ0v) is 9.51. The maximum Gasteiger partial charge on any atom is 0.162 e. The van der Waals surface area contributed by atoms with Crippen LogP contribution >= 0.6 is 0 Å². The minimum Gasteiger partial charge on any atom is -0.286 e. The van der Waals surface area contributed by atoms with E-state index in [-0.39, 0.29) is 0 Å². The van der Waals surface area contributed by atoms with Crippen molar-refractivity contribution in [2.75, 3.05) is 0 Å². The lowest BCUT2D eigenvalue weighted by Crippen LogP contribution is -1.98. The average Bonchev–Trinajstić information content (AvgIpc) is 2.68. The average molecular weight is 214 g/mol. The van der Waals surface area contributed by atoms with Crippen molar-refractivity contribution >= 4 is 5.65 Å². The van der Waals surface area contributed by atoms with E-state index in [0.717, 1.165) is 24.3 Å². The van der Waals surface area contributed by atoms with Crippen LogP contribution in [-0.2, 0) is 6.42 Å². The van der Waals surface area contributed by atoms with Gasteiger partial charge in [-0.25, -0.2) is 0 Å². The van der Waals surface area contributed by atoms with Crippen molar-refractivity contribution in [1.82, 2.24) is 14.6 Å². The SMILES string of the molecule is CC(C)CCc1nnc2cc(C#N)ccn12. The van der Waals surface area contributed by atoms with E-state index in [1.165, 1.54) is 0 Å². The van der Waals surface area contributed by atoms with Gasteiger partial charge in [0.05, 0.1) is 11.6 Å². The Morgan fingerprint density at radius 3 is 2.94 bits per heavy atom. The molecule has 2 rings (SSSR count). The molecule has 0 saturated carbocycles. The van der Waals surface area contributed by atoms with Crippen molar-refractivity contribution in [3.8, 4) is 6.07 Å². The predicted molar refractivity (Wildman–Crippen MR) is 60.9 cm³/mol. The molecule has 0 unspecified atom stereocenters. The lowest BCUT2D eigenvalue weighted by molar-refractivity contribution is 0.572. The monoisotopic (exact) mass is 214 g/mol. The summed E-state index contributed by atoms with van der Waals surface area (Å²) in [6.07, 6.45) is 3.88. The summed E-state index contributed by atoms with van der Waals surface area (Å²) in [4.78, 5) is 0. The van der Waals surface area contributed by atoms with Crippen LogP contribution in [0, 0.1) is 17.2 Å². The van der Waals surface area contributed by atoms with Crippen LogP contribution in [-0.4, -0.2) is 14.6 Å². The molecule has 2 aromatic rings. The third kappa shape index (κ3) is 2.03. The van der Waals surface area contributed by atoms with Crippen LogP contribution < -0.4 is 0 Å². The molecule has 2 heterocycles. The first kappa shape index (κ1) is 10.6. The van der Waals surface area contributed by atoms with Crippen LogP contribution in [0.2, 0.25) is 0 Å². The van der Waals surface area contributed by atoms with Crippen LogP contribution in [0.1, 0.15) is 31.7 Å². The van der Waals surface area contributed by atoms with Crippen LogP contribution in [0.4, 0.5) is 0 Å². The van der Waals surface area contributed by atoms with Gasteiger partial charge in [-0.15, -0.1) is 10.2 Å². The van der Waals surface area contributed by atoms with Crippen molar-refractivity contribution in [2.45, 2.75) is 26.7 Å². The predicted octanol–water partition coefficient (Wildman–Crippen LogP) is 2.19. The lowest BCUT2D eigenvalue weighted by Gasteiger charge is -2.02. The van der Waals surface area contributed by atoms with E-state index in [0.29, 0.717) is 11.5 Å². The molecule has 16 heavy (non-hydrogen) atoms. The van der Waals surface area contributed by atoms with Crippen LogP contribution in [0.5, 0.6) is 0 Å². The molecule has 4 nitrogen and oxygen atoms in total. The van der Waals surface area contributed by atoms with Crippen molar-refractivity contribution in [3.63, 3.8) is 0 Å². The van der Waals surface area contributed by atoms with E-state index in [9.17, 15) is 0 Å². The smallest absolute Gasteiger partial charge is 0.162 e. The van der Waals surface area contributed by atoms with Gasteiger partial charge >= 0.3 is 0 Å². The molecule has 0 fully saturated rings. The quantitative estimate of drug-likeness (QED) is 0.787. The molecule has 0 aliphatic rings. The molecule has 0 aliphatic carbocycles. The topological polar surface area (TPSA) is 54.0 Å². The molecule has 2 aromatic heterocycles. The minimum absolute atomic E-state index is 0.621. The molecule has 0 spiro atoms. The summed E-state index contributed by atoms with van der Waals surface area (Å²) in [7, 11) is 0. The summed E-state index contributed by atoms with van der Waals surface area (Å²) >= 11 is 0. The first-order valence-electron chi connectivity index (χ1n) is 5.44. The molecule has 4 heteroatoms. The van der Waals surface area contributed by atoms with Gasteiger partial charge in [0.2, 0.25) is 0 Å². The number of rotatable bonds is 3. The molecule has 82 valence electrons. The molecule has 0 atom stereocenters. The highest BCUT2D eigenvalue weighted by atomic mass is 15.2. The number of aryl methyl sites for hydroxylation is 1. The van der Waals surface area contributed by atoms with Gasteiger partial charge in [0, 0.05) is 18.7 Å². The van der Waals surface area contributed by atoms with E-state index in [2.05, 4.69) is 30.1 Å². The second-order valence-electron chi connectivity index (χ2n) is 4.30. The molecule has 0 radical (unpaired) electrons. The van der Waals surface area contributed by atoms with Crippen molar-refractivity contribution in [3.05, 3.63) is 29.7 Å². The van der Waals surface area contributed by atoms with E-state index in [4.69, 9.17) is 5.26 Å². The summed E-state index contributed by atoms with van der Waals surface area (Å²) in [5.41, 5.74) is 1.37. The van der Waals surface area contributed by atoms with E-state index in [1.807, 2.05) is 10.6 Å². The Morgan fingerprint density at radius 2 is 2.25 bits per heavy atom. The highest BCUT2D eigenvalue weighted by Crippen LogP contribution is 2.10. The number of hydrogen-bond donors (Lipinski definition) is 0. The summed E-state index contributed by atoms with van der Waals surface area (Å²) in [6, 6.07) is 5.64. The number of pyridine rings is 1. The highest BCUT2D eigenvalue weighted by molar-refractivity contribution is 5.45. The fourth-order valence-electron chi connectivity index (χ4n) is 1.60. The van der Waals surface area contributed by atoms with Crippen LogP contribution in [0.25, 0.3) is 5.65 Å². The molecule has 0 saturated heterocycles. The van der Waals surface area contributed by atoms with Gasteiger partial charge in [-0.3, -0.25) is 4.40 Å². The van der Waals surface area contributed by atoms with Gasteiger partial charge < -0.3 is 0 Å². The summed E-state index contributed by atoms with van der Waals surface area (Å²) in [5.74, 6) is 1.62. The Morgan fingerprint density at radius 1 is 1.44 bits per heavy atom. The molecule has 0 aliphatic heterocycles. The fourth-order valence-corrected chi connectivity index (χ4v) is 1.60. The fraction of sp³-hybridized carbons (Fsp3) is 0.417. The van der Waals surface area contributed by atoms with Crippen molar-refractivity contribution in [1.29, 1.82) is 5.26 Å². The molecule has 0 bridgehead atoms. The van der Waals surface area contributed by atoms with Crippen molar-refractivity contribution in [2.24, 2.45) is 5.92 Å². The Labute approximate surface area is 94.5 Å². The Kier molecular flexibility index (Phi) is 2.86. The van der Waals surface area contributed by atoms with Crippen LogP contribution in [0.15, 0.2) is 18.3 Å². The van der Waals surface area contributed by atoms with Gasteiger partial charge in [-0.1, -0.05) is 13.8 Å². The molecular formula is C12H14N4. The Bertz CT molecular complexity index is 533. The van der Waals surface area contributed by atoms with Gasteiger partial charge in [0.25, 0.3) is 0 Å². The molecular weight excluding hydrogens is 200 g/mol. The maximum absolute atomic E-state index is 8.77. The largest absolute Gasteiger partial charge is 0.286 e. The van der Waals surface area contributed by atoms with E-state index in [1.54, 1.807) is 12.1 Å².